The Kier molecular flexibility index (Phi) is 2.86. The highest BCUT2D eigenvalue weighted by molar-refractivity contribution is 6.29. The van der Waals surface area contributed by atoms with Crippen LogP contribution >= 0.6 is 11.6 Å². The van der Waals surface area contributed by atoms with E-state index in [0.717, 1.165) is 0 Å². The molecular formula is C10H10ClFN2O. The smallest absolute Gasteiger partial charge is 0.335 e. The fraction of sp³-hybridized carbons (Fsp3) is 0.400. The van der Waals surface area contributed by atoms with Gasteiger partial charge in [0.2, 0.25) is 0 Å². The normalized spacial score (nSPS) is 15.1. The second-order valence-electron chi connectivity index (χ2n) is 3.63. The van der Waals surface area contributed by atoms with Gasteiger partial charge in [-0.2, -0.15) is 4.39 Å². The molecule has 1 aromatic heterocycles. The van der Waals surface area contributed by atoms with Crippen molar-refractivity contribution in [1.29, 1.82) is 0 Å². The van der Waals surface area contributed by atoms with Crippen LogP contribution in [0, 0.1) is 5.92 Å². The van der Waals surface area contributed by atoms with E-state index in [1.807, 2.05) is 0 Å². The van der Waals surface area contributed by atoms with Gasteiger partial charge in [-0.1, -0.05) is 11.6 Å². The number of hydrogen-bond acceptors (Lipinski definition) is 3. The Labute approximate surface area is 91.7 Å². The van der Waals surface area contributed by atoms with Crippen LogP contribution in [0.25, 0.3) is 0 Å². The molecular weight excluding hydrogens is 219 g/mol. The summed E-state index contributed by atoms with van der Waals surface area (Å²) in [5.74, 6) is 0.857. The van der Waals surface area contributed by atoms with Crippen molar-refractivity contribution >= 4 is 23.5 Å². The van der Waals surface area contributed by atoms with E-state index in [-0.39, 0.29) is 16.5 Å². The Morgan fingerprint density at radius 1 is 1.60 bits per heavy atom. The molecule has 1 heterocycles. The zero-order valence-corrected chi connectivity index (χ0v) is 8.72. The third kappa shape index (κ3) is 2.65. The highest BCUT2D eigenvalue weighted by Gasteiger charge is 2.22. The maximum atomic E-state index is 12.6. The lowest BCUT2D eigenvalue weighted by Crippen LogP contribution is -2.09. The molecule has 0 saturated heterocycles. The zero-order valence-electron chi connectivity index (χ0n) is 7.96. The van der Waals surface area contributed by atoms with Crippen molar-refractivity contribution in [3.8, 4) is 0 Å². The van der Waals surface area contributed by atoms with Crippen molar-refractivity contribution in [3.63, 3.8) is 0 Å². The average Bonchev–Trinajstić information content (AvgIpc) is 2.97. The van der Waals surface area contributed by atoms with E-state index in [9.17, 15) is 9.18 Å². The number of hydrogen-bond donors (Lipinski definition) is 1. The second-order valence-corrected chi connectivity index (χ2v) is 4.02. The summed E-state index contributed by atoms with van der Waals surface area (Å²) < 4.78 is 12.6. The fourth-order valence-corrected chi connectivity index (χ4v) is 1.44. The number of aromatic nitrogens is 1. The molecule has 0 radical (unpaired) electrons. The summed E-state index contributed by atoms with van der Waals surface area (Å²) in [5, 5.41) is 3.19. The maximum Gasteiger partial charge on any atom is 0.335 e. The fourth-order valence-electron chi connectivity index (χ4n) is 1.29. The van der Waals surface area contributed by atoms with Gasteiger partial charge < -0.3 is 5.32 Å². The molecule has 1 N–H and O–H groups in total. The Balaban J connectivity index is 2.16. The van der Waals surface area contributed by atoms with Gasteiger partial charge in [0, 0.05) is 6.54 Å². The molecule has 1 fully saturated rings. The van der Waals surface area contributed by atoms with Crippen LogP contribution in [-0.4, -0.2) is 17.6 Å². The molecule has 0 amide bonds. The van der Waals surface area contributed by atoms with E-state index in [2.05, 4.69) is 10.3 Å². The third-order valence-electron chi connectivity index (χ3n) is 2.33. The first kappa shape index (κ1) is 10.4. The first-order chi connectivity index (χ1) is 7.16. The van der Waals surface area contributed by atoms with Gasteiger partial charge in [0.1, 0.15) is 11.0 Å². The summed E-state index contributed by atoms with van der Waals surface area (Å²) >= 11 is 5.67. The van der Waals surface area contributed by atoms with Crippen LogP contribution in [0.15, 0.2) is 12.1 Å². The number of rotatable bonds is 4. The second kappa shape index (κ2) is 4.14. The predicted molar refractivity (Wildman–Crippen MR) is 55.9 cm³/mol. The van der Waals surface area contributed by atoms with Crippen molar-refractivity contribution in [2.45, 2.75) is 12.8 Å². The van der Waals surface area contributed by atoms with Crippen LogP contribution in [0.1, 0.15) is 23.2 Å². The quantitative estimate of drug-likeness (QED) is 0.636. The highest BCUT2D eigenvalue weighted by Crippen LogP contribution is 2.29. The molecule has 0 unspecified atom stereocenters. The molecule has 1 saturated carbocycles. The Bertz CT molecular complexity index is 393. The Morgan fingerprint density at radius 2 is 2.33 bits per heavy atom. The van der Waals surface area contributed by atoms with Crippen molar-refractivity contribution in [2.75, 3.05) is 11.9 Å². The van der Waals surface area contributed by atoms with Crippen LogP contribution in [0.2, 0.25) is 5.15 Å². The van der Waals surface area contributed by atoms with Gasteiger partial charge in [-0.25, -0.2) is 4.98 Å². The summed E-state index contributed by atoms with van der Waals surface area (Å²) in [6.07, 6.45) is 2.35. The van der Waals surface area contributed by atoms with Crippen LogP contribution in [0.3, 0.4) is 0 Å². The van der Waals surface area contributed by atoms with Crippen LogP contribution < -0.4 is 5.32 Å². The Hall–Kier alpha value is -1.16. The average molecular weight is 229 g/mol. The minimum atomic E-state index is -1.49. The summed E-state index contributed by atoms with van der Waals surface area (Å²) in [5.41, 5.74) is -0.0555. The standard InChI is InChI=1S/C10H10ClFN2O/c11-8-4-3-7(9(12)15)10(14-8)13-5-6-1-2-6/h3-4,6H,1-2,5H2,(H,13,14). The van der Waals surface area contributed by atoms with Gasteiger partial charge in [0.25, 0.3) is 0 Å². The molecule has 0 bridgehead atoms. The van der Waals surface area contributed by atoms with Crippen molar-refractivity contribution in [3.05, 3.63) is 22.8 Å². The molecule has 1 aliphatic carbocycles. The van der Waals surface area contributed by atoms with Gasteiger partial charge in [-0.05, 0) is 30.9 Å². The molecule has 0 spiro atoms. The van der Waals surface area contributed by atoms with Crippen LogP contribution in [0.5, 0.6) is 0 Å². The maximum absolute atomic E-state index is 12.6. The van der Waals surface area contributed by atoms with Gasteiger partial charge in [-0.15, -0.1) is 0 Å². The third-order valence-corrected chi connectivity index (χ3v) is 2.54. The van der Waals surface area contributed by atoms with Crippen LogP contribution in [-0.2, 0) is 0 Å². The largest absolute Gasteiger partial charge is 0.369 e. The number of anilines is 1. The molecule has 3 nitrogen and oxygen atoms in total. The topological polar surface area (TPSA) is 42.0 Å². The molecule has 2 rings (SSSR count). The molecule has 0 atom stereocenters. The molecule has 0 aliphatic heterocycles. The zero-order chi connectivity index (χ0) is 10.8. The van der Waals surface area contributed by atoms with E-state index in [0.29, 0.717) is 12.5 Å². The number of nitrogens with one attached hydrogen (secondary N) is 1. The number of carbonyl (C=O) groups is 1. The van der Waals surface area contributed by atoms with Gasteiger partial charge >= 0.3 is 6.04 Å². The number of halogens is 2. The summed E-state index contributed by atoms with van der Waals surface area (Å²) in [6.45, 7) is 0.716. The minimum Gasteiger partial charge on any atom is -0.369 e. The summed E-state index contributed by atoms with van der Waals surface area (Å²) in [4.78, 5) is 14.5. The Morgan fingerprint density at radius 3 is 2.93 bits per heavy atom. The summed E-state index contributed by atoms with van der Waals surface area (Å²) in [7, 11) is 0. The number of carbonyl (C=O) groups excluding carboxylic acids is 1. The molecule has 5 heteroatoms. The van der Waals surface area contributed by atoms with E-state index < -0.39 is 6.04 Å². The van der Waals surface area contributed by atoms with Crippen molar-refractivity contribution in [2.24, 2.45) is 5.92 Å². The van der Waals surface area contributed by atoms with Crippen molar-refractivity contribution < 1.29 is 9.18 Å². The molecule has 80 valence electrons. The van der Waals surface area contributed by atoms with E-state index in [1.165, 1.54) is 25.0 Å². The lowest BCUT2D eigenvalue weighted by Gasteiger charge is -2.07. The molecule has 15 heavy (non-hydrogen) atoms. The van der Waals surface area contributed by atoms with E-state index >= 15 is 0 Å². The monoisotopic (exact) mass is 228 g/mol. The SMILES string of the molecule is O=C(F)c1ccc(Cl)nc1NCC1CC1. The first-order valence-electron chi connectivity index (χ1n) is 4.77. The van der Waals surface area contributed by atoms with E-state index in [1.54, 1.807) is 0 Å². The van der Waals surface area contributed by atoms with Gasteiger partial charge in [0.05, 0.1) is 5.56 Å². The van der Waals surface area contributed by atoms with Gasteiger partial charge in [-0.3, -0.25) is 4.79 Å². The molecule has 1 aliphatic rings. The van der Waals surface area contributed by atoms with E-state index in [4.69, 9.17) is 11.6 Å². The summed E-state index contributed by atoms with van der Waals surface area (Å²) in [6, 6.07) is 1.25. The van der Waals surface area contributed by atoms with Crippen LogP contribution in [0.4, 0.5) is 10.2 Å². The lowest BCUT2D eigenvalue weighted by molar-refractivity contribution is 0.0836. The highest BCUT2D eigenvalue weighted by atomic mass is 35.5. The predicted octanol–water partition coefficient (Wildman–Crippen LogP) is 2.67. The molecule has 1 aromatic rings. The van der Waals surface area contributed by atoms with Gasteiger partial charge in [0.15, 0.2) is 0 Å². The van der Waals surface area contributed by atoms with Crippen molar-refractivity contribution in [1.82, 2.24) is 4.98 Å². The molecule has 0 aromatic carbocycles. The lowest BCUT2D eigenvalue weighted by atomic mass is 10.2. The minimum absolute atomic E-state index is 0.0555. The number of pyridine rings is 1. The first-order valence-corrected chi connectivity index (χ1v) is 5.15. The number of nitrogens with zero attached hydrogens (tertiary/aromatic N) is 1.